The molecular weight excluding hydrogens is 266 g/mol. The van der Waals surface area contributed by atoms with E-state index < -0.39 is 0 Å². The van der Waals surface area contributed by atoms with E-state index in [-0.39, 0.29) is 0 Å². The molecule has 2 aromatic heterocycles. The van der Waals surface area contributed by atoms with Crippen molar-refractivity contribution in [3.63, 3.8) is 0 Å². The van der Waals surface area contributed by atoms with E-state index in [1.807, 2.05) is 25.7 Å². The molecule has 0 bridgehead atoms. The highest BCUT2D eigenvalue weighted by atomic mass is 16.5. The van der Waals surface area contributed by atoms with Gasteiger partial charge >= 0.3 is 0 Å². The van der Waals surface area contributed by atoms with Crippen LogP contribution in [0.4, 0.5) is 5.82 Å². The summed E-state index contributed by atoms with van der Waals surface area (Å²) in [5, 5.41) is 4.53. The average molecular weight is 289 g/mol. The molecule has 0 saturated heterocycles. The van der Waals surface area contributed by atoms with E-state index in [4.69, 9.17) is 4.74 Å². The van der Waals surface area contributed by atoms with E-state index >= 15 is 0 Å². The molecule has 2 rings (SSSR count). The molecule has 2 aromatic rings. The van der Waals surface area contributed by atoms with Crippen LogP contribution in [0.3, 0.4) is 0 Å². The highest BCUT2D eigenvalue weighted by Gasteiger charge is 2.14. The van der Waals surface area contributed by atoms with Gasteiger partial charge in [0.05, 0.1) is 24.7 Å². The summed E-state index contributed by atoms with van der Waals surface area (Å²) in [7, 11) is 3.95. The van der Waals surface area contributed by atoms with Gasteiger partial charge in [0.2, 0.25) is 5.88 Å². The zero-order valence-electron chi connectivity index (χ0n) is 13.4. The quantitative estimate of drug-likeness (QED) is 0.817. The van der Waals surface area contributed by atoms with Crippen LogP contribution in [0.2, 0.25) is 0 Å². The largest absolute Gasteiger partial charge is 0.477 e. The maximum Gasteiger partial charge on any atom is 0.234 e. The van der Waals surface area contributed by atoms with Crippen molar-refractivity contribution in [1.29, 1.82) is 0 Å². The van der Waals surface area contributed by atoms with Gasteiger partial charge < -0.3 is 9.64 Å². The number of nitrogens with zero attached hydrogens (tertiary/aromatic N) is 5. The fourth-order valence-electron chi connectivity index (χ4n) is 2.24. The summed E-state index contributed by atoms with van der Waals surface area (Å²) in [6, 6.07) is 0. The lowest BCUT2D eigenvalue weighted by atomic mass is 10.1. The predicted octanol–water partition coefficient (Wildman–Crippen LogP) is 2.37. The topological polar surface area (TPSA) is 56.1 Å². The zero-order chi connectivity index (χ0) is 15.4. The lowest BCUT2D eigenvalue weighted by Crippen LogP contribution is -2.19. The molecule has 0 aliphatic carbocycles. The lowest BCUT2D eigenvalue weighted by Gasteiger charge is -2.18. The van der Waals surface area contributed by atoms with Crippen LogP contribution in [0.25, 0.3) is 0 Å². The van der Waals surface area contributed by atoms with Crippen molar-refractivity contribution in [2.24, 2.45) is 7.05 Å². The summed E-state index contributed by atoms with van der Waals surface area (Å²) in [4.78, 5) is 10.7. The molecule has 0 aliphatic rings. The fraction of sp³-hybridized carbons (Fsp3) is 0.533. The van der Waals surface area contributed by atoms with Crippen molar-refractivity contribution < 1.29 is 4.74 Å². The maximum atomic E-state index is 5.40. The van der Waals surface area contributed by atoms with Gasteiger partial charge in [-0.15, -0.1) is 0 Å². The van der Waals surface area contributed by atoms with Crippen LogP contribution in [-0.4, -0.2) is 33.4 Å². The van der Waals surface area contributed by atoms with E-state index in [2.05, 4.69) is 40.0 Å². The van der Waals surface area contributed by atoms with Crippen LogP contribution >= 0.6 is 0 Å². The van der Waals surface area contributed by atoms with Gasteiger partial charge in [-0.3, -0.25) is 9.67 Å². The second-order valence-electron chi connectivity index (χ2n) is 5.37. The first-order valence-corrected chi connectivity index (χ1v) is 7.19. The Morgan fingerprint density at radius 2 is 2.10 bits per heavy atom. The number of hydrogen-bond acceptors (Lipinski definition) is 5. The van der Waals surface area contributed by atoms with E-state index in [0.717, 1.165) is 18.1 Å². The van der Waals surface area contributed by atoms with Gasteiger partial charge in [0, 0.05) is 32.4 Å². The van der Waals surface area contributed by atoms with Gasteiger partial charge in [-0.05, 0) is 12.8 Å². The summed E-state index contributed by atoms with van der Waals surface area (Å²) in [6.07, 6.45) is 5.43. The van der Waals surface area contributed by atoms with E-state index in [1.165, 1.54) is 5.56 Å². The van der Waals surface area contributed by atoms with Crippen molar-refractivity contribution in [1.82, 2.24) is 19.7 Å². The highest BCUT2D eigenvalue weighted by molar-refractivity contribution is 5.38. The maximum absolute atomic E-state index is 5.40. The van der Waals surface area contributed by atoms with Crippen LogP contribution in [-0.2, 0) is 13.6 Å². The molecule has 0 radical (unpaired) electrons. The number of rotatable bonds is 6. The Kier molecular flexibility index (Phi) is 4.77. The third-order valence-electron chi connectivity index (χ3n) is 3.17. The van der Waals surface area contributed by atoms with Gasteiger partial charge in [-0.25, -0.2) is 0 Å². The molecule has 2 heterocycles. The first-order valence-electron chi connectivity index (χ1n) is 7.19. The van der Waals surface area contributed by atoms with Gasteiger partial charge in [-0.1, -0.05) is 13.8 Å². The minimum Gasteiger partial charge on any atom is -0.477 e. The Balaban J connectivity index is 2.17. The molecule has 6 heteroatoms. The monoisotopic (exact) mass is 289 g/mol. The summed E-state index contributed by atoms with van der Waals surface area (Å²) in [5.74, 6) is 1.74. The van der Waals surface area contributed by atoms with Gasteiger partial charge in [0.15, 0.2) is 5.82 Å². The summed E-state index contributed by atoms with van der Waals surface area (Å²) >= 11 is 0. The average Bonchev–Trinajstić information content (AvgIpc) is 2.80. The molecule has 0 spiro atoms. The number of aromatic nitrogens is 4. The third kappa shape index (κ3) is 3.71. The fourth-order valence-corrected chi connectivity index (χ4v) is 2.24. The summed E-state index contributed by atoms with van der Waals surface area (Å²) < 4.78 is 7.26. The molecule has 0 aliphatic heterocycles. The third-order valence-corrected chi connectivity index (χ3v) is 3.17. The van der Waals surface area contributed by atoms with Gasteiger partial charge in [0.25, 0.3) is 0 Å². The van der Waals surface area contributed by atoms with Crippen LogP contribution in [0.15, 0.2) is 18.6 Å². The Morgan fingerprint density at radius 3 is 2.76 bits per heavy atom. The van der Waals surface area contributed by atoms with E-state index in [1.54, 1.807) is 12.4 Å². The second kappa shape index (κ2) is 6.56. The predicted molar refractivity (Wildman–Crippen MR) is 82.6 cm³/mol. The van der Waals surface area contributed by atoms with Crippen LogP contribution < -0.4 is 9.64 Å². The van der Waals surface area contributed by atoms with Crippen LogP contribution in [0, 0.1) is 0 Å². The Morgan fingerprint density at radius 1 is 1.33 bits per heavy atom. The van der Waals surface area contributed by atoms with Crippen molar-refractivity contribution >= 4 is 5.82 Å². The minimum atomic E-state index is 0.399. The molecule has 0 saturated carbocycles. The molecule has 0 fully saturated rings. The highest BCUT2D eigenvalue weighted by Crippen LogP contribution is 2.21. The minimum absolute atomic E-state index is 0.399. The summed E-state index contributed by atoms with van der Waals surface area (Å²) in [6.45, 7) is 7.57. The van der Waals surface area contributed by atoms with Crippen LogP contribution in [0.5, 0.6) is 5.88 Å². The number of hydrogen-bond donors (Lipinski definition) is 0. The number of ether oxygens (including phenoxy) is 1. The number of anilines is 1. The van der Waals surface area contributed by atoms with Crippen molar-refractivity contribution in [3.8, 4) is 5.88 Å². The van der Waals surface area contributed by atoms with Gasteiger partial charge in [0.1, 0.15) is 0 Å². The lowest BCUT2D eigenvalue weighted by molar-refractivity contribution is 0.325. The Labute approximate surface area is 125 Å². The van der Waals surface area contributed by atoms with Crippen molar-refractivity contribution in [2.75, 3.05) is 18.6 Å². The van der Waals surface area contributed by atoms with Crippen molar-refractivity contribution in [3.05, 3.63) is 29.8 Å². The molecule has 0 unspecified atom stereocenters. The second-order valence-corrected chi connectivity index (χ2v) is 5.37. The standard InChI is InChI=1S/C15H23N5O/c1-6-21-14-8-16-7-13(17-14)19(4)9-12-10-20(5)18-15(12)11(2)3/h7-8,10-11H,6,9H2,1-5H3. The molecule has 6 nitrogen and oxygen atoms in total. The SMILES string of the molecule is CCOc1cncc(N(C)Cc2cn(C)nc2C(C)C)n1. The first kappa shape index (κ1) is 15.3. The van der Waals surface area contributed by atoms with E-state index in [0.29, 0.717) is 18.4 Å². The molecule has 0 aromatic carbocycles. The smallest absolute Gasteiger partial charge is 0.234 e. The Bertz CT molecular complexity index is 593. The molecule has 21 heavy (non-hydrogen) atoms. The van der Waals surface area contributed by atoms with Crippen LogP contribution in [0.1, 0.15) is 37.9 Å². The molecule has 114 valence electrons. The van der Waals surface area contributed by atoms with E-state index in [9.17, 15) is 0 Å². The Hall–Kier alpha value is -2.11. The molecular formula is C15H23N5O. The number of aryl methyl sites for hydroxylation is 1. The van der Waals surface area contributed by atoms with Crippen molar-refractivity contribution in [2.45, 2.75) is 33.2 Å². The molecule has 0 atom stereocenters. The molecule has 0 amide bonds. The normalized spacial score (nSPS) is 11.0. The summed E-state index contributed by atoms with van der Waals surface area (Å²) in [5.41, 5.74) is 2.33. The zero-order valence-corrected chi connectivity index (χ0v) is 13.4. The molecule has 0 N–H and O–H groups in total. The van der Waals surface area contributed by atoms with Gasteiger partial charge in [-0.2, -0.15) is 10.1 Å². The first-order chi connectivity index (χ1) is 10.0.